The van der Waals surface area contributed by atoms with Gasteiger partial charge in [-0.25, -0.2) is 4.79 Å². The van der Waals surface area contributed by atoms with Gasteiger partial charge in [-0.05, 0) is 36.9 Å². The second kappa shape index (κ2) is 6.25. The van der Waals surface area contributed by atoms with Crippen molar-refractivity contribution in [3.63, 3.8) is 0 Å². The molecule has 1 aromatic carbocycles. The van der Waals surface area contributed by atoms with Crippen molar-refractivity contribution in [2.75, 3.05) is 21.3 Å². The van der Waals surface area contributed by atoms with Gasteiger partial charge in [0.25, 0.3) is 0 Å². The van der Waals surface area contributed by atoms with Crippen LogP contribution < -0.4 is 10.1 Å². The van der Waals surface area contributed by atoms with Crippen LogP contribution in [0.1, 0.15) is 27.9 Å². The highest BCUT2D eigenvalue weighted by molar-refractivity contribution is 5.86. The number of furan rings is 1. The summed E-state index contributed by atoms with van der Waals surface area (Å²) in [5.74, 6) is 1.10. The van der Waals surface area contributed by atoms with Crippen LogP contribution in [0.3, 0.4) is 0 Å². The van der Waals surface area contributed by atoms with E-state index >= 15 is 0 Å². The van der Waals surface area contributed by atoms with E-state index in [1.165, 1.54) is 7.11 Å². The molecule has 5 heteroatoms. The molecule has 0 bridgehead atoms. The van der Waals surface area contributed by atoms with Gasteiger partial charge in [0.1, 0.15) is 11.5 Å². The van der Waals surface area contributed by atoms with Crippen molar-refractivity contribution >= 4 is 5.97 Å². The van der Waals surface area contributed by atoms with Gasteiger partial charge in [0.05, 0.1) is 20.3 Å². The first kappa shape index (κ1) is 14.1. The number of methoxy groups -OCH3 is 2. The molecule has 1 atom stereocenters. The minimum Gasteiger partial charge on any atom is -0.497 e. The maximum absolute atomic E-state index is 11.4. The van der Waals surface area contributed by atoms with Crippen LogP contribution in [0, 0.1) is 0 Å². The highest BCUT2D eigenvalue weighted by atomic mass is 16.5. The Morgan fingerprint density at radius 3 is 2.70 bits per heavy atom. The molecule has 1 N–H and O–H groups in total. The van der Waals surface area contributed by atoms with Crippen molar-refractivity contribution < 1.29 is 18.7 Å². The molecule has 5 nitrogen and oxygen atoms in total. The maximum Gasteiger partial charge on any atom is 0.373 e. The first-order valence-electron chi connectivity index (χ1n) is 6.19. The maximum atomic E-state index is 11.4. The number of hydrogen-bond donors (Lipinski definition) is 1. The Labute approximate surface area is 117 Å². The number of esters is 1. The summed E-state index contributed by atoms with van der Waals surface area (Å²) in [6.07, 6.45) is 0. The van der Waals surface area contributed by atoms with Crippen molar-refractivity contribution in [3.8, 4) is 5.75 Å². The molecule has 0 spiro atoms. The predicted molar refractivity (Wildman–Crippen MR) is 73.9 cm³/mol. The Bertz CT molecular complexity index is 591. The normalized spacial score (nSPS) is 11.9. The van der Waals surface area contributed by atoms with E-state index in [2.05, 4.69) is 10.1 Å². The largest absolute Gasteiger partial charge is 0.497 e. The number of rotatable bonds is 5. The van der Waals surface area contributed by atoms with E-state index < -0.39 is 5.97 Å². The Hall–Kier alpha value is -2.27. The fraction of sp³-hybridized carbons (Fsp3) is 0.267. The van der Waals surface area contributed by atoms with Crippen molar-refractivity contribution in [1.82, 2.24) is 5.32 Å². The Morgan fingerprint density at radius 2 is 2.05 bits per heavy atom. The number of ether oxygens (including phenoxy) is 2. The van der Waals surface area contributed by atoms with Crippen LogP contribution in [0.4, 0.5) is 0 Å². The molecule has 0 aliphatic carbocycles. The van der Waals surface area contributed by atoms with Gasteiger partial charge in [0.2, 0.25) is 5.76 Å². The molecule has 0 aliphatic rings. The monoisotopic (exact) mass is 275 g/mol. The lowest BCUT2D eigenvalue weighted by atomic mass is 10.0. The standard InChI is InChI=1S/C15H17NO4/c1-16-14(10-5-4-6-11(9-10)18-2)12-7-8-13(20-12)15(17)19-3/h4-9,14,16H,1-3H3. The Kier molecular flexibility index (Phi) is 4.42. The zero-order valence-corrected chi connectivity index (χ0v) is 11.7. The Morgan fingerprint density at radius 1 is 1.25 bits per heavy atom. The van der Waals surface area contributed by atoms with Crippen LogP contribution in [0.25, 0.3) is 0 Å². The molecule has 0 fully saturated rings. The molecule has 0 amide bonds. The topological polar surface area (TPSA) is 60.7 Å². The van der Waals surface area contributed by atoms with Crippen LogP contribution in [-0.4, -0.2) is 27.2 Å². The molecule has 1 heterocycles. The molecule has 0 aliphatic heterocycles. The third-order valence-corrected chi connectivity index (χ3v) is 3.01. The average molecular weight is 275 g/mol. The summed E-state index contributed by atoms with van der Waals surface area (Å²) in [4.78, 5) is 11.4. The number of hydrogen-bond acceptors (Lipinski definition) is 5. The number of carbonyl (C=O) groups is 1. The van der Waals surface area contributed by atoms with Crippen molar-refractivity contribution in [3.05, 3.63) is 53.5 Å². The van der Waals surface area contributed by atoms with Gasteiger partial charge in [-0.1, -0.05) is 12.1 Å². The fourth-order valence-electron chi connectivity index (χ4n) is 2.01. The Balaban J connectivity index is 2.31. The minimum absolute atomic E-state index is 0.163. The van der Waals surface area contributed by atoms with E-state index in [1.54, 1.807) is 19.2 Å². The molecule has 1 aromatic heterocycles. The second-order valence-corrected chi connectivity index (χ2v) is 4.19. The third kappa shape index (κ3) is 2.83. The lowest BCUT2D eigenvalue weighted by molar-refractivity contribution is 0.0562. The molecular formula is C15H17NO4. The molecule has 0 radical (unpaired) electrons. The quantitative estimate of drug-likeness (QED) is 0.849. The molecule has 0 saturated heterocycles. The SMILES string of the molecule is CNC(c1cccc(OC)c1)c1ccc(C(=O)OC)o1. The van der Waals surface area contributed by atoms with Gasteiger partial charge in [0, 0.05) is 0 Å². The predicted octanol–water partition coefficient (Wildman–Crippen LogP) is 2.38. The van der Waals surface area contributed by atoms with Gasteiger partial charge in [-0.15, -0.1) is 0 Å². The number of nitrogens with one attached hydrogen (secondary N) is 1. The van der Waals surface area contributed by atoms with Gasteiger partial charge in [-0.2, -0.15) is 0 Å². The van der Waals surface area contributed by atoms with E-state index in [9.17, 15) is 4.79 Å². The zero-order chi connectivity index (χ0) is 14.5. The molecule has 106 valence electrons. The lowest BCUT2D eigenvalue weighted by Crippen LogP contribution is -2.17. The van der Waals surface area contributed by atoms with Crippen LogP contribution in [0.5, 0.6) is 5.75 Å². The summed E-state index contributed by atoms with van der Waals surface area (Å²) in [7, 11) is 4.77. The van der Waals surface area contributed by atoms with E-state index in [4.69, 9.17) is 9.15 Å². The molecule has 20 heavy (non-hydrogen) atoms. The lowest BCUT2D eigenvalue weighted by Gasteiger charge is -2.15. The summed E-state index contributed by atoms with van der Waals surface area (Å²) in [6.45, 7) is 0. The smallest absolute Gasteiger partial charge is 0.373 e. The van der Waals surface area contributed by atoms with Gasteiger partial charge in [-0.3, -0.25) is 0 Å². The fourth-order valence-corrected chi connectivity index (χ4v) is 2.01. The van der Waals surface area contributed by atoms with E-state index in [-0.39, 0.29) is 11.8 Å². The van der Waals surface area contributed by atoms with E-state index in [0.29, 0.717) is 5.76 Å². The van der Waals surface area contributed by atoms with Crippen molar-refractivity contribution in [1.29, 1.82) is 0 Å². The molecule has 2 rings (SSSR count). The van der Waals surface area contributed by atoms with Gasteiger partial charge >= 0.3 is 5.97 Å². The summed E-state index contributed by atoms with van der Waals surface area (Å²) in [5.41, 5.74) is 0.984. The average Bonchev–Trinajstić information content (AvgIpc) is 2.97. The first-order valence-corrected chi connectivity index (χ1v) is 6.19. The molecule has 2 aromatic rings. The zero-order valence-electron chi connectivity index (χ0n) is 11.7. The van der Waals surface area contributed by atoms with Crippen LogP contribution in [0.15, 0.2) is 40.8 Å². The number of benzene rings is 1. The second-order valence-electron chi connectivity index (χ2n) is 4.19. The summed E-state index contributed by atoms with van der Waals surface area (Å²) < 4.78 is 15.4. The third-order valence-electron chi connectivity index (χ3n) is 3.01. The number of carbonyl (C=O) groups excluding carboxylic acids is 1. The van der Waals surface area contributed by atoms with Gasteiger partial charge < -0.3 is 19.2 Å². The summed E-state index contributed by atoms with van der Waals surface area (Å²) in [6, 6.07) is 10.9. The van der Waals surface area contributed by atoms with Crippen molar-refractivity contribution in [2.24, 2.45) is 0 Å². The van der Waals surface area contributed by atoms with Crippen LogP contribution in [-0.2, 0) is 4.74 Å². The van der Waals surface area contributed by atoms with Crippen molar-refractivity contribution in [2.45, 2.75) is 6.04 Å². The van der Waals surface area contributed by atoms with E-state index in [1.807, 2.05) is 31.3 Å². The minimum atomic E-state index is -0.489. The molecule has 0 saturated carbocycles. The van der Waals surface area contributed by atoms with Crippen LogP contribution >= 0.6 is 0 Å². The van der Waals surface area contributed by atoms with Crippen LogP contribution in [0.2, 0.25) is 0 Å². The van der Waals surface area contributed by atoms with Gasteiger partial charge in [0.15, 0.2) is 0 Å². The first-order chi connectivity index (χ1) is 9.69. The summed E-state index contributed by atoms with van der Waals surface area (Å²) in [5, 5.41) is 3.15. The highest BCUT2D eigenvalue weighted by Gasteiger charge is 2.19. The highest BCUT2D eigenvalue weighted by Crippen LogP contribution is 2.26. The molecule has 1 unspecified atom stereocenters. The van der Waals surface area contributed by atoms with E-state index in [0.717, 1.165) is 11.3 Å². The summed E-state index contributed by atoms with van der Waals surface area (Å²) >= 11 is 0. The molecular weight excluding hydrogens is 258 g/mol.